The molecule has 1 amide bonds. The lowest BCUT2D eigenvalue weighted by Crippen LogP contribution is -2.34. The third kappa shape index (κ3) is 3.80. The molecule has 0 spiro atoms. The third-order valence-corrected chi connectivity index (χ3v) is 4.31. The van der Waals surface area contributed by atoms with Gasteiger partial charge in [0.05, 0.1) is 22.1 Å². The van der Waals surface area contributed by atoms with Crippen molar-refractivity contribution in [1.82, 2.24) is 10.2 Å². The zero-order valence-corrected chi connectivity index (χ0v) is 13.1. The van der Waals surface area contributed by atoms with E-state index in [0.29, 0.717) is 16.3 Å². The zero-order valence-electron chi connectivity index (χ0n) is 12.3. The zero-order chi connectivity index (χ0) is 15.4. The molecule has 0 bridgehead atoms. The highest BCUT2D eigenvalue weighted by atomic mass is 32.1. The highest BCUT2D eigenvalue weighted by Crippen LogP contribution is 2.19. The largest absolute Gasteiger partial charge is 0.468 e. The van der Waals surface area contributed by atoms with Gasteiger partial charge < -0.3 is 9.73 Å². The first-order valence-electron chi connectivity index (χ1n) is 6.58. The molecule has 0 aliphatic heterocycles. The van der Waals surface area contributed by atoms with Gasteiger partial charge in [-0.05, 0) is 45.3 Å². The minimum Gasteiger partial charge on any atom is -0.468 e. The molecule has 0 aromatic carbocycles. The van der Waals surface area contributed by atoms with Gasteiger partial charge in [-0.15, -0.1) is 11.3 Å². The van der Waals surface area contributed by atoms with Crippen molar-refractivity contribution in [3.63, 3.8) is 0 Å². The van der Waals surface area contributed by atoms with Gasteiger partial charge in [0.2, 0.25) is 0 Å². The van der Waals surface area contributed by atoms with Crippen LogP contribution in [0, 0.1) is 0 Å². The second-order valence-corrected chi connectivity index (χ2v) is 6.01. The summed E-state index contributed by atoms with van der Waals surface area (Å²) >= 11 is 1.21. The van der Waals surface area contributed by atoms with Crippen LogP contribution >= 0.6 is 11.3 Å². The summed E-state index contributed by atoms with van der Waals surface area (Å²) < 4.78 is 5.40. The van der Waals surface area contributed by atoms with Gasteiger partial charge in [-0.2, -0.15) is 0 Å². The maximum Gasteiger partial charge on any atom is 0.261 e. The second-order valence-electron chi connectivity index (χ2n) is 4.92. The minimum absolute atomic E-state index is 0.0270. The number of Topliss-reactive ketones (excluding diaryl/α,β-unsaturated/α-hetero) is 1. The molecule has 112 valence electrons. The van der Waals surface area contributed by atoms with Crippen LogP contribution in [0.1, 0.15) is 38.1 Å². The summed E-state index contributed by atoms with van der Waals surface area (Å²) in [6.45, 7) is 1.93. The molecule has 2 heterocycles. The van der Waals surface area contributed by atoms with Gasteiger partial charge >= 0.3 is 0 Å². The molecule has 0 radical (unpaired) electrons. The van der Waals surface area contributed by atoms with E-state index in [0.717, 1.165) is 5.76 Å². The van der Waals surface area contributed by atoms with Gasteiger partial charge in [0, 0.05) is 6.54 Å². The third-order valence-electron chi connectivity index (χ3n) is 3.13. The van der Waals surface area contributed by atoms with Crippen LogP contribution in [0.3, 0.4) is 0 Å². The molecule has 2 aromatic heterocycles. The molecule has 5 nitrogen and oxygen atoms in total. The van der Waals surface area contributed by atoms with Gasteiger partial charge in [0.1, 0.15) is 5.76 Å². The van der Waals surface area contributed by atoms with Crippen LogP contribution in [0.4, 0.5) is 0 Å². The summed E-state index contributed by atoms with van der Waals surface area (Å²) in [5.74, 6) is 0.600. The lowest BCUT2D eigenvalue weighted by molar-refractivity contribution is 0.0942. The fourth-order valence-electron chi connectivity index (χ4n) is 1.94. The monoisotopic (exact) mass is 306 g/mol. The van der Waals surface area contributed by atoms with Gasteiger partial charge in [0.25, 0.3) is 5.91 Å². The number of nitrogens with zero attached hydrogens (tertiary/aromatic N) is 1. The number of furan rings is 1. The number of likely N-dealkylation sites (N-methyl/N-ethyl adjacent to an activating group) is 1. The van der Waals surface area contributed by atoms with Crippen LogP contribution in [-0.2, 0) is 0 Å². The number of ketones is 1. The van der Waals surface area contributed by atoms with Crippen molar-refractivity contribution in [2.24, 2.45) is 0 Å². The SMILES string of the molecule is CC(=O)c1ccc(C(=O)NC[C@@H](c2ccco2)N(C)C)s1. The Kier molecular flexibility index (Phi) is 4.93. The van der Waals surface area contributed by atoms with Crippen molar-refractivity contribution in [1.29, 1.82) is 0 Å². The van der Waals surface area contributed by atoms with E-state index < -0.39 is 0 Å². The quantitative estimate of drug-likeness (QED) is 0.833. The number of amides is 1. The average Bonchev–Trinajstić information content (AvgIpc) is 3.09. The molecule has 0 saturated carbocycles. The topological polar surface area (TPSA) is 62.6 Å². The van der Waals surface area contributed by atoms with E-state index in [1.54, 1.807) is 18.4 Å². The van der Waals surface area contributed by atoms with E-state index in [1.807, 2.05) is 31.1 Å². The van der Waals surface area contributed by atoms with E-state index in [-0.39, 0.29) is 17.7 Å². The molecule has 6 heteroatoms. The molecular weight excluding hydrogens is 288 g/mol. The summed E-state index contributed by atoms with van der Waals surface area (Å²) in [5, 5.41) is 2.88. The number of hydrogen-bond donors (Lipinski definition) is 1. The molecule has 0 aliphatic carbocycles. The average molecular weight is 306 g/mol. The van der Waals surface area contributed by atoms with Crippen molar-refractivity contribution in [3.8, 4) is 0 Å². The first kappa shape index (κ1) is 15.5. The Hall–Kier alpha value is -1.92. The fourth-order valence-corrected chi connectivity index (χ4v) is 2.76. The maximum atomic E-state index is 12.1. The maximum absolute atomic E-state index is 12.1. The first-order valence-corrected chi connectivity index (χ1v) is 7.39. The minimum atomic E-state index is -0.175. The summed E-state index contributed by atoms with van der Waals surface area (Å²) in [5.41, 5.74) is 0. The lowest BCUT2D eigenvalue weighted by Gasteiger charge is -2.22. The molecule has 0 aliphatic rings. The molecule has 2 aromatic rings. The Labute approximate surface area is 127 Å². The lowest BCUT2D eigenvalue weighted by atomic mass is 10.2. The number of carbonyl (C=O) groups excluding carboxylic acids is 2. The Morgan fingerprint density at radius 1 is 1.29 bits per heavy atom. The van der Waals surface area contributed by atoms with E-state index in [9.17, 15) is 9.59 Å². The fraction of sp³-hybridized carbons (Fsp3) is 0.333. The summed E-state index contributed by atoms with van der Waals surface area (Å²) in [4.78, 5) is 26.5. The Morgan fingerprint density at radius 2 is 2.00 bits per heavy atom. The van der Waals surface area contributed by atoms with Crippen LogP contribution in [0.25, 0.3) is 0 Å². The van der Waals surface area contributed by atoms with E-state index >= 15 is 0 Å². The molecule has 2 rings (SSSR count). The predicted molar refractivity (Wildman–Crippen MR) is 81.8 cm³/mol. The van der Waals surface area contributed by atoms with Crippen molar-refractivity contribution in [2.75, 3.05) is 20.6 Å². The van der Waals surface area contributed by atoms with E-state index in [2.05, 4.69) is 5.32 Å². The molecule has 1 atom stereocenters. The number of thiophene rings is 1. The highest BCUT2D eigenvalue weighted by molar-refractivity contribution is 7.15. The predicted octanol–water partition coefficient (Wildman–Crippen LogP) is 2.58. The van der Waals surface area contributed by atoms with Gasteiger partial charge in [-0.25, -0.2) is 0 Å². The second kappa shape index (κ2) is 6.69. The Balaban J connectivity index is 2.00. The Bertz CT molecular complexity index is 617. The first-order chi connectivity index (χ1) is 9.99. The van der Waals surface area contributed by atoms with Crippen molar-refractivity contribution < 1.29 is 14.0 Å². The van der Waals surface area contributed by atoms with Crippen molar-refractivity contribution in [2.45, 2.75) is 13.0 Å². The smallest absolute Gasteiger partial charge is 0.261 e. The van der Waals surface area contributed by atoms with Crippen molar-refractivity contribution >= 4 is 23.0 Å². The summed E-state index contributed by atoms with van der Waals surface area (Å²) in [6.07, 6.45) is 1.62. The van der Waals surface area contributed by atoms with E-state index in [4.69, 9.17) is 4.42 Å². The normalized spacial score (nSPS) is 12.4. The number of nitrogens with one attached hydrogen (secondary N) is 1. The molecule has 0 fully saturated rings. The van der Waals surface area contributed by atoms with Crippen LogP contribution in [0.5, 0.6) is 0 Å². The molecular formula is C15H18N2O3S. The van der Waals surface area contributed by atoms with Crippen LogP contribution < -0.4 is 5.32 Å². The van der Waals surface area contributed by atoms with E-state index in [1.165, 1.54) is 18.3 Å². The van der Waals surface area contributed by atoms with Crippen molar-refractivity contribution in [3.05, 3.63) is 46.0 Å². The standard InChI is InChI=1S/C15H18N2O3S/c1-10(18)13-6-7-14(21-13)15(19)16-9-11(17(2)3)12-5-4-8-20-12/h4-8,11H,9H2,1-3H3,(H,16,19)/t11-/m0/s1. The molecule has 0 unspecified atom stereocenters. The van der Waals surface area contributed by atoms with Crippen LogP contribution in [-0.4, -0.2) is 37.2 Å². The highest BCUT2D eigenvalue weighted by Gasteiger charge is 2.19. The molecule has 21 heavy (non-hydrogen) atoms. The number of rotatable bonds is 6. The van der Waals surface area contributed by atoms with Crippen LogP contribution in [0.15, 0.2) is 34.9 Å². The summed E-state index contributed by atoms with van der Waals surface area (Å²) in [7, 11) is 3.86. The van der Waals surface area contributed by atoms with Gasteiger partial charge in [0.15, 0.2) is 5.78 Å². The number of carbonyl (C=O) groups is 2. The summed E-state index contributed by atoms with van der Waals surface area (Å²) in [6, 6.07) is 7.03. The Morgan fingerprint density at radius 3 is 2.52 bits per heavy atom. The molecule has 0 saturated heterocycles. The number of hydrogen-bond acceptors (Lipinski definition) is 5. The molecule has 1 N–H and O–H groups in total. The van der Waals surface area contributed by atoms with Gasteiger partial charge in [-0.1, -0.05) is 0 Å². The van der Waals surface area contributed by atoms with Gasteiger partial charge in [-0.3, -0.25) is 14.5 Å². The van der Waals surface area contributed by atoms with Crippen LogP contribution in [0.2, 0.25) is 0 Å².